The van der Waals surface area contributed by atoms with E-state index in [1.807, 2.05) is 12.1 Å². The predicted octanol–water partition coefficient (Wildman–Crippen LogP) is 12.8. The van der Waals surface area contributed by atoms with Crippen LogP contribution in [0.15, 0.2) is 180 Å². The van der Waals surface area contributed by atoms with Crippen LogP contribution in [0, 0.1) is 0 Å². The smallest absolute Gasteiger partial charge is 0.135 e. The van der Waals surface area contributed by atoms with Crippen molar-refractivity contribution >= 4 is 65.6 Å². The fraction of sp³-hybridized carbons (Fsp3) is 0. The first kappa shape index (κ1) is 28.8. The van der Waals surface area contributed by atoms with Crippen LogP contribution in [0.3, 0.4) is 0 Å². The second-order valence-electron chi connectivity index (χ2n) is 13.4. The average Bonchev–Trinajstić information content (AvgIpc) is 3.76. The third kappa shape index (κ3) is 4.48. The summed E-state index contributed by atoms with van der Waals surface area (Å²) in [6, 6.07) is 62.0. The number of nitrogens with zero attached hydrogens (tertiary/aromatic N) is 3. The average molecular weight is 664 g/mol. The van der Waals surface area contributed by atoms with E-state index in [9.17, 15) is 0 Å². The molecule has 4 heteroatoms. The fourth-order valence-electron chi connectivity index (χ4n) is 7.82. The summed E-state index contributed by atoms with van der Waals surface area (Å²) in [5, 5.41) is 6.84. The Kier molecular flexibility index (Phi) is 6.22. The Hall–Kier alpha value is -7.04. The number of pyridine rings is 2. The van der Waals surface area contributed by atoms with Crippen LogP contribution in [-0.4, -0.2) is 14.5 Å². The molecule has 0 unspecified atom stereocenters. The third-order valence-corrected chi connectivity index (χ3v) is 10.4. The van der Waals surface area contributed by atoms with E-state index in [4.69, 9.17) is 14.4 Å². The van der Waals surface area contributed by atoms with Gasteiger partial charge in [0.2, 0.25) is 0 Å². The highest BCUT2D eigenvalue weighted by Crippen LogP contribution is 2.37. The summed E-state index contributed by atoms with van der Waals surface area (Å²) in [5.41, 5.74) is 13.4. The predicted molar refractivity (Wildman–Crippen MR) is 215 cm³/mol. The number of aromatic nitrogens is 3. The van der Waals surface area contributed by atoms with Crippen molar-refractivity contribution in [1.82, 2.24) is 14.5 Å². The molecule has 0 N–H and O–H groups in total. The van der Waals surface area contributed by atoms with Gasteiger partial charge in [-0.25, -0.2) is 9.97 Å². The van der Waals surface area contributed by atoms with Gasteiger partial charge in [0.25, 0.3) is 0 Å². The zero-order valence-corrected chi connectivity index (χ0v) is 28.0. The number of hydrogen-bond acceptors (Lipinski definition) is 3. The number of para-hydroxylation sites is 3. The minimum Gasteiger partial charge on any atom is -0.456 e. The Morgan fingerprint density at radius 1 is 0.365 bits per heavy atom. The van der Waals surface area contributed by atoms with E-state index in [0.29, 0.717) is 0 Å². The zero-order chi connectivity index (χ0) is 34.2. The van der Waals surface area contributed by atoms with Gasteiger partial charge < -0.3 is 8.98 Å². The molecule has 0 saturated carbocycles. The molecule has 11 aromatic rings. The van der Waals surface area contributed by atoms with Crippen molar-refractivity contribution in [3.8, 4) is 39.3 Å². The molecule has 11 rings (SSSR count). The maximum absolute atomic E-state index is 6.05. The van der Waals surface area contributed by atoms with Crippen LogP contribution in [0.4, 0.5) is 0 Å². The van der Waals surface area contributed by atoms with Gasteiger partial charge in [0, 0.05) is 49.1 Å². The number of fused-ring (bicyclic) bond motifs is 9. The summed E-state index contributed by atoms with van der Waals surface area (Å²) in [7, 11) is 0. The molecule has 0 saturated heterocycles. The number of benzene rings is 7. The van der Waals surface area contributed by atoms with E-state index < -0.39 is 0 Å². The SMILES string of the molecule is c1ccc(-n2c3ccccc3c3cc(-c4ccc5ccc6ccc(-c7ccc(-c8ccc9oc%10ccccc%10c9c8)cc7)nc6c5n4)ccc32)cc1. The first-order chi connectivity index (χ1) is 25.7. The molecule has 7 aromatic carbocycles. The van der Waals surface area contributed by atoms with Gasteiger partial charge in [0.15, 0.2) is 0 Å². The maximum atomic E-state index is 6.05. The van der Waals surface area contributed by atoms with E-state index in [0.717, 1.165) is 83.1 Å². The molecule has 4 nitrogen and oxygen atoms in total. The van der Waals surface area contributed by atoms with Crippen LogP contribution < -0.4 is 0 Å². The van der Waals surface area contributed by atoms with Gasteiger partial charge in [-0.2, -0.15) is 0 Å². The molecule has 0 aliphatic carbocycles. The Morgan fingerprint density at radius 3 is 1.71 bits per heavy atom. The van der Waals surface area contributed by atoms with Crippen molar-refractivity contribution in [2.75, 3.05) is 0 Å². The molecule has 0 atom stereocenters. The van der Waals surface area contributed by atoms with E-state index in [-0.39, 0.29) is 0 Å². The summed E-state index contributed by atoms with van der Waals surface area (Å²) < 4.78 is 8.39. The Balaban J connectivity index is 0.986. The first-order valence-electron chi connectivity index (χ1n) is 17.6. The second kappa shape index (κ2) is 11.2. The molecule has 0 aliphatic rings. The van der Waals surface area contributed by atoms with Gasteiger partial charge in [-0.1, -0.05) is 115 Å². The number of furan rings is 1. The van der Waals surface area contributed by atoms with E-state index in [1.165, 1.54) is 21.8 Å². The van der Waals surface area contributed by atoms with Crippen LogP contribution in [0.5, 0.6) is 0 Å². The third-order valence-electron chi connectivity index (χ3n) is 10.4. The molecule has 0 radical (unpaired) electrons. The molecule has 0 aliphatic heterocycles. The Bertz CT molecular complexity index is 3170. The van der Waals surface area contributed by atoms with Gasteiger partial charge in [0.05, 0.1) is 33.5 Å². The first-order valence-corrected chi connectivity index (χ1v) is 17.6. The monoisotopic (exact) mass is 663 g/mol. The van der Waals surface area contributed by atoms with Gasteiger partial charge in [-0.05, 0) is 71.8 Å². The highest BCUT2D eigenvalue weighted by atomic mass is 16.3. The van der Waals surface area contributed by atoms with Gasteiger partial charge in [-0.15, -0.1) is 0 Å². The maximum Gasteiger partial charge on any atom is 0.135 e. The van der Waals surface area contributed by atoms with Crippen molar-refractivity contribution in [2.24, 2.45) is 0 Å². The van der Waals surface area contributed by atoms with E-state index in [1.54, 1.807) is 0 Å². The number of hydrogen-bond donors (Lipinski definition) is 0. The molecule has 0 bridgehead atoms. The molecule has 0 amide bonds. The van der Waals surface area contributed by atoms with Gasteiger partial charge in [0.1, 0.15) is 11.2 Å². The molecular formula is C48H29N3O. The lowest BCUT2D eigenvalue weighted by Crippen LogP contribution is -1.93. The normalized spacial score (nSPS) is 11.8. The molecule has 52 heavy (non-hydrogen) atoms. The standard InChI is InChI=1S/C48H29N3O/c1-2-8-36(9-3-1)51-43-12-6-4-10-37(43)39-29-35(22-26-44(39)51)42-25-21-33-19-18-32-20-24-41(49-47(32)48(33)50-42)31-16-14-30(15-17-31)34-23-27-46-40(28-34)38-11-5-7-13-45(38)52-46/h1-29H. The minimum atomic E-state index is 0.903. The zero-order valence-electron chi connectivity index (χ0n) is 28.0. The van der Waals surface area contributed by atoms with E-state index >= 15 is 0 Å². The summed E-state index contributed by atoms with van der Waals surface area (Å²) in [6.07, 6.45) is 0. The van der Waals surface area contributed by atoms with Crippen molar-refractivity contribution < 1.29 is 4.42 Å². The molecular weight excluding hydrogens is 635 g/mol. The largest absolute Gasteiger partial charge is 0.456 e. The second-order valence-corrected chi connectivity index (χ2v) is 13.4. The van der Waals surface area contributed by atoms with Gasteiger partial charge in [-0.3, -0.25) is 0 Å². The van der Waals surface area contributed by atoms with E-state index in [2.05, 4.69) is 168 Å². The molecule has 4 heterocycles. The number of rotatable bonds is 4. The van der Waals surface area contributed by atoms with Crippen LogP contribution in [0.1, 0.15) is 0 Å². The minimum absolute atomic E-state index is 0.903. The summed E-state index contributed by atoms with van der Waals surface area (Å²) in [6.45, 7) is 0. The van der Waals surface area contributed by atoms with Crippen molar-refractivity contribution in [1.29, 1.82) is 0 Å². The Morgan fingerprint density at radius 2 is 0.923 bits per heavy atom. The highest BCUT2D eigenvalue weighted by molar-refractivity contribution is 6.11. The summed E-state index contributed by atoms with van der Waals surface area (Å²) in [5.74, 6) is 0. The quantitative estimate of drug-likeness (QED) is 0.176. The van der Waals surface area contributed by atoms with Crippen molar-refractivity contribution in [3.63, 3.8) is 0 Å². The lowest BCUT2D eigenvalue weighted by Gasteiger charge is -2.10. The van der Waals surface area contributed by atoms with Crippen molar-refractivity contribution in [2.45, 2.75) is 0 Å². The molecule has 242 valence electrons. The van der Waals surface area contributed by atoms with Crippen LogP contribution in [0.2, 0.25) is 0 Å². The van der Waals surface area contributed by atoms with Crippen LogP contribution >= 0.6 is 0 Å². The van der Waals surface area contributed by atoms with Crippen molar-refractivity contribution in [3.05, 3.63) is 176 Å². The van der Waals surface area contributed by atoms with Crippen LogP contribution in [-0.2, 0) is 0 Å². The topological polar surface area (TPSA) is 43.9 Å². The molecule has 0 spiro atoms. The summed E-state index contributed by atoms with van der Waals surface area (Å²) in [4.78, 5) is 10.5. The lowest BCUT2D eigenvalue weighted by molar-refractivity contribution is 0.669. The Labute approximate surface area is 298 Å². The fourth-order valence-corrected chi connectivity index (χ4v) is 7.82. The summed E-state index contributed by atoms with van der Waals surface area (Å²) >= 11 is 0. The molecule has 0 fully saturated rings. The van der Waals surface area contributed by atoms with Gasteiger partial charge >= 0.3 is 0 Å². The molecule has 4 aromatic heterocycles. The lowest BCUT2D eigenvalue weighted by atomic mass is 10.00. The highest BCUT2D eigenvalue weighted by Gasteiger charge is 2.15. The van der Waals surface area contributed by atoms with Crippen LogP contribution in [0.25, 0.3) is 105 Å².